The second kappa shape index (κ2) is 6.37. The fraction of sp³-hybridized carbons (Fsp3) is 0.500. The van der Waals surface area contributed by atoms with Crippen molar-refractivity contribution in [3.63, 3.8) is 0 Å². The minimum Gasteiger partial charge on any atom is -0.372 e. The lowest BCUT2D eigenvalue weighted by Crippen LogP contribution is -2.25. The summed E-state index contributed by atoms with van der Waals surface area (Å²) in [5.74, 6) is 0. The maximum Gasteiger partial charge on any atom is 0.0801 e. The minimum absolute atomic E-state index is 0.127. The molecular formula is C16H22N4O. The van der Waals surface area contributed by atoms with Crippen LogP contribution >= 0.6 is 0 Å². The molecule has 112 valence electrons. The lowest BCUT2D eigenvalue weighted by Gasteiger charge is -2.19. The third-order valence-corrected chi connectivity index (χ3v) is 3.87. The highest BCUT2D eigenvalue weighted by Gasteiger charge is 2.20. The Balaban J connectivity index is 1.95. The molecule has 0 spiro atoms. The van der Waals surface area contributed by atoms with Gasteiger partial charge >= 0.3 is 0 Å². The number of hydrogen-bond acceptors (Lipinski definition) is 4. The van der Waals surface area contributed by atoms with E-state index in [0.717, 1.165) is 31.8 Å². The number of fused-ring (bicyclic) bond motifs is 1. The van der Waals surface area contributed by atoms with E-state index >= 15 is 0 Å². The number of ether oxygens (including phenoxy) is 1. The van der Waals surface area contributed by atoms with Gasteiger partial charge in [0.05, 0.1) is 31.1 Å². The van der Waals surface area contributed by atoms with Gasteiger partial charge in [-0.25, -0.2) is 4.68 Å². The molecule has 1 aromatic heterocycles. The largest absolute Gasteiger partial charge is 0.372 e. The van der Waals surface area contributed by atoms with Crippen LogP contribution in [-0.4, -0.2) is 21.5 Å². The van der Waals surface area contributed by atoms with E-state index in [0.29, 0.717) is 6.61 Å². The van der Waals surface area contributed by atoms with Gasteiger partial charge in [-0.2, -0.15) is 0 Å². The summed E-state index contributed by atoms with van der Waals surface area (Å²) in [7, 11) is 0. The van der Waals surface area contributed by atoms with Crippen molar-refractivity contribution in [2.45, 2.75) is 46.1 Å². The Morgan fingerprint density at radius 1 is 1.29 bits per heavy atom. The quantitative estimate of drug-likeness (QED) is 0.886. The van der Waals surface area contributed by atoms with E-state index in [-0.39, 0.29) is 6.04 Å². The van der Waals surface area contributed by atoms with Crippen molar-refractivity contribution in [3.05, 3.63) is 46.8 Å². The van der Waals surface area contributed by atoms with Gasteiger partial charge in [-0.3, -0.25) is 0 Å². The second-order valence-corrected chi connectivity index (χ2v) is 5.39. The summed E-state index contributed by atoms with van der Waals surface area (Å²) in [5, 5.41) is 11.8. The van der Waals surface area contributed by atoms with E-state index in [4.69, 9.17) is 4.74 Å². The molecule has 5 heteroatoms. The van der Waals surface area contributed by atoms with Crippen LogP contribution in [0.1, 0.15) is 48.7 Å². The van der Waals surface area contributed by atoms with Crippen molar-refractivity contribution in [1.29, 1.82) is 0 Å². The van der Waals surface area contributed by atoms with E-state index in [1.54, 1.807) is 0 Å². The number of aryl methyl sites for hydroxylation is 1. The van der Waals surface area contributed by atoms with Crippen molar-refractivity contribution in [1.82, 2.24) is 20.3 Å². The maximum atomic E-state index is 5.51. The zero-order chi connectivity index (χ0) is 14.7. The molecule has 3 rings (SSSR count). The van der Waals surface area contributed by atoms with Gasteiger partial charge < -0.3 is 10.1 Å². The summed E-state index contributed by atoms with van der Waals surface area (Å²) in [5.41, 5.74) is 4.97. The molecule has 5 nitrogen and oxygen atoms in total. The summed E-state index contributed by atoms with van der Waals surface area (Å²) in [6.45, 7) is 7.52. The average Bonchev–Trinajstić information content (AvgIpc) is 3.13. The highest BCUT2D eigenvalue weighted by Crippen LogP contribution is 2.27. The van der Waals surface area contributed by atoms with Gasteiger partial charge in [0.1, 0.15) is 0 Å². The van der Waals surface area contributed by atoms with E-state index in [9.17, 15) is 0 Å². The van der Waals surface area contributed by atoms with Crippen LogP contribution in [0.3, 0.4) is 0 Å². The van der Waals surface area contributed by atoms with Crippen LogP contribution in [0.5, 0.6) is 0 Å². The zero-order valence-electron chi connectivity index (χ0n) is 12.7. The summed E-state index contributed by atoms with van der Waals surface area (Å²) < 4.78 is 7.51. The fourth-order valence-electron chi connectivity index (χ4n) is 2.84. The van der Waals surface area contributed by atoms with Gasteiger partial charge in [-0.05, 0) is 29.7 Å². The third kappa shape index (κ3) is 2.84. The van der Waals surface area contributed by atoms with Crippen molar-refractivity contribution in [3.8, 4) is 0 Å². The van der Waals surface area contributed by atoms with Crippen molar-refractivity contribution in [2.75, 3.05) is 6.54 Å². The number of aromatic nitrogens is 3. The molecular weight excluding hydrogens is 264 g/mol. The maximum absolute atomic E-state index is 5.51. The first-order valence-electron chi connectivity index (χ1n) is 7.64. The van der Waals surface area contributed by atoms with Gasteiger partial charge in [0, 0.05) is 6.54 Å². The predicted molar refractivity (Wildman–Crippen MR) is 80.8 cm³/mol. The van der Waals surface area contributed by atoms with E-state index in [1.165, 1.54) is 16.7 Å². The van der Waals surface area contributed by atoms with Gasteiger partial charge in [-0.15, -0.1) is 5.10 Å². The molecule has 1 unspecified atom stereocenters. The van der Waals surface area contributed by atoms with Gasteiger partial charge in [0.25, 0.3) is 0 Å². The molecule has 1 N–H and O–H groups in total. The van der Waals surface area contributed by atoms with Crippen molar-refractivity contribution < 1.29 is 4.74 Å². The normalized spacial score (nSPS) is 15.1. The number of nitrogens with one attached hydrogen (secondary N) is 1. The first kappa shape index (κ1) is 14.2. The molecule has 2 aromatic rings. The first-order chi connectivity index (χ1) is 10.3. The Morgan fingerprint density at radius 3 is 2.95 bits per heavy atom. The predicted octanol–water partition coefficient (Wildman–Crippen LogP) is 2.42. The van der Waals surface area contributed by atoms with Crippen molar-refractivity contribution >= 4 is 0 Å². The summed E-state index contributed by atoms with van der Waals surface area (Å²) in [6, 6.07) is 6.74. The Bertz CT molecular complexity index is 608. The highest BCUT2D eigenvalue weighted by molar-refractivity contribution is 5.37. The number of rotatable bonds is 6. The number of nitrogens with zero attached hydrogens (tertiary/aromatic N) is 3. The molecule has 0 radical (unpaired) electrons. The standard InChI is InChI=1S/C16H22N4O/c1-3-7-20-15(9-18-19-20)16(17-4-2)12-5-6-13-10-21-11-14(13)8-12/h5-6,8-9,16-17H,3-4,7,10-11H2,1-2H3. The molecule has 0 bridgehead atoms. The smallest absolute Gasteiger partial charge is 0.0801 e. The lowest BCUT2D eigenvalue weighted by atomic mass is 9.99. The Labute approximate surface area is 125 Å². The summed E-state index contributed by atoms with van der Waals surface area (Å²) >= 11 is 0. The van der Waals surface area contributed by atoms with Crippen LogP contribution in [0.4, 0.5) is 0 Å². The van der Waals surface area contributed by atoms with Gasteiger partial charge in [-0.1, -0.05) is 37.3 Å². The zero-order valence-corrected chi connectivity index (χ0v) is 12.7. The Hall–Kier alpha value is -1.72. The van der Waals surface area contributed by atoms with Crippen LogP contribution < -0.4 is 5.32 Å². The van der Waals surface area contributed by atoms with Crippen LogP contribution in [0, 0.1) is 0 Å². The SMILES string of the molecule is CCCn1nncc1C(NCC)c1ccc2c(c1)COC2. The van der Waals surface area contributed by atoms with E-state index < -0.39 is 0 Å². The van der Waals surface area contributed by atoms with Gasteiger partial charge in [0.15, 0.2) is 0 Å². The third-order valence-electron chi connectivity index (χ3n) is 3.87. The molecule has 0 amide bonds. The molecule has 1 aliphatic rings. The lowest BCUT2D eigenvalue weighted by molar-refractivity contribution is 0.134. The average molecular weight is 286 g/mol. The summed E-state index contributed by atoms with van der Waals surface area (Å²) in [4.78, 5) is 0. The monoisotopic (exact) mass is 286 g/mol. The van der Waals surface area contributed by atoms with E-state index in [1.807, 2.05) is 10.9 Å². The van der Waals surface area contributed by atoms with Crippen LogP contribution in [0.25, 0.3) is 0 Å². The van der Waals surface area contributed by atoms with Crippen LogP contribution in [0.15, 0.2) is 24.4 Å². The molecule has 1 aliphatic heterocycles. The molecule has 0 aliphatic carbocycles. The van der Waals surface area contributed by atoms with Crippen LogP contribution in [-0.2, 0) is 24.5 Å². The molecule has 0 fully saturated rings. The Kier molecular flexibility index (Phi) is 4.31. The molecule has 0 saturated carbocycles. The molecule has 21 heavy (non-hydrogen) atoms. The Morgan fingerprint density at radius 2 is 2.14 bits per heavy atom. The molecule has 2 heterocycles. The second-order valence-electron chi connectivity index (χ2n) is 5.39. The molecule has 1 atom stereocenters. The van der Waals surface area contributed by atoms with E-state index in [2.05, 4.69) is 47.7 Å². The molecule has 0 saturated heterocycles. The van der Waals surface area contributed by atoms with Crippen LogP contribution in [0.2, 0.25) is 0 Å². The molecule has 1 aromatic carbocycles. The minimum atomic E-state index is 0.127. The summed E-state index contributed by atoms with van der Waals surface area (Å²) in [6.07, 6.45) is 2.92. The number of benzene rings is 1. The fourth-order valence-corrected chi connectivity index (χ4v) is 2.84. The number of hydrogen-bond donors (Lipinski definition) is 1. The first-order valence-corrected chi connectivity index (χ1v) is 7.64. The van der Waals surface area contributed by atoms with Gasteiger partial charge in [0.2, 0.25) is 0 Å². The van der Waals surface area contributed by atoms with Crippen molar-refractivity contribution in [2.24, 2.45) is 0 Å². The highest BCUT2D eigenvalue weighted by atomic mass is 16.5. The topological polar surface area (TPSA) is 52.0 Å².